The molecule has 2 nitrogen and oxygen atoms in total. The van der Waals surface area contributed by atoms with Crippen LogP contribution < -0.4 is 0 Å². The number of hydrogen-bond donors (Lipinski definition) is 2. The first-order valence-electron chi connectivity index (χ1n) is 12.1. The zero-order chi connectivity index (χ0) is 23.5. The minimum absolute atomic E-state index is 0.134. The van der Waals surface area contributed by atoms with E-state index in [0.717, 1.165) is 44.9 Å². The summed E-state index contributed by atoms with van der Waals surface area (Å²) in [6, 6.07) is 0. The van der Waals surface area contributed by atoms with Crippen molar-refractivity contribution in [1.82, 2.24) is 0 Å². The third-order valence-electron chi connectivity index (χ3n) is 6.69. The smallest absolute Gasteiger partial charge is 0.119 e. The summed E-state index contributed by atoms with van der Waals surface area (Å²) in [6.07, 6.45) is 25.9. The molecule has 172 valence electrons. The van der Waals surface area contributed by atoms with Gasteiger partial charge in [-0.05, 0) is 83.0 Å². The van der Waals surface area contributed by atoms with Crippen molar-refractivity contribution in [3.8, 4) is 24.7 Å². The van der Waals surface area contributed by atoms with Gasteiger partial charge in [-0.2, -0.15) is 0 Å². The van der Waals surface area contributed by atoms with Crippen molar-refractivity contribution in [3.05, 3.63) is 34.9 Å². The summed E-state index contributed by atoms with van der Waals surface area (Å²) in [6.45, 7) is 9.93. The van der Waals surface area contributed by atoms with Gasteiger partial charge in [0.05, 0.1) is 6.10 Å². The van der Waals surface area contributed by atoms with E-state index < -0.39 is 5.60 Å². The lowest BCUT2D eigenvalue weighted by Gasteiger charge is -2.41. The average Bonchev–Trinajstić information content (AvgIpc) is 3.08. The van der Waals surface area contributed by atoms with Gasteiger partial charge in [-0.25, -0.2) is 0 Å². The molecule has 0 amide bonds. The van der Waals surface area contributed by atoms with Gasteiger partial charge in [0.2, 0.25) is 0 Å². The van der Waals surface area contributed by atoms with E-state index in [9.17, 15) is 10.2 Å². The summed E-state index contributed by atoms with van der Waals surface area (Å²) >= 11 is 0. The largest absolute Gasteiger partial charge is 0.393 e. The maximum absolute atomic E-state index is 9.90. The van der Waals surface area contributed by atoms with E-state index >= 15 is 0 Å². The second kappa shape index (κ2) is 13.0. The molecular formula is C29H44O2. The van der Waals surface area contributed by atoms with Crippen LogP contribution in [0.1, 0.15) is 98.8 Å². The van der Waals surface area contributed by atoms with Gasteiger partial charge in [0, 0.05) is 6.42 Å². The van der Waals surface area contributed by atoms with Crippen molar-refractivity contribution in [3.63, 3.8) is 0 Å². The Balaban J connectivity index is 0.00000113. The highest BCUT2D eigenvalue weighted by atomic mass is 16.3. The molecule has 0 aromatic heterocycles. The lowest BCUT2D eigenvalue weighted by Crippen LogP contribution is -2.30. The van der Waals surface area contributed by atoms with Gasteiger partial charge < -0.3 is 10.2 Å². The van der Waals surface area contributed by atoms with Crippen molar-refractivity contribution in [1.29, 1.82) is 0 Å². The Morgan fingerprint density at radius 2 is 1.90 bits per heavy atom. The molecule has 0 radical (unpaired) electrons. The van der Waals surface area contributed by atoms with E-state index in [2.05, 4.69) is 49.8 Å². The second-order valence-corrected chi connectivity index (χ2v) is 9.47. The average molecular weight is 425 g/mol. The van der Waals surface area contributed by atoms with Gasteiger partial charge in [0.1, 0.15) is 5.60 Å². The highest BCUT2D eigenvalue weighted by Crippen LogP contribution is 2.55. The third-order valence-corrected chi connectivity index (χ3v) is 6.69. The van der Waals surface area contributed by atoms with E-state index in [-0.39, 0.29) is 11.5 Å². The Kier molecular flexibility index (Phi) is 11.4. The Morgan fingerprint density at radius 3 is 2.55 bits per heavy atom. The van der Waals surface area contributed by atoms with Crippen LogP contribution in [0.2, 0.25) is 0 Å². The van der Waals surface area contributed by atoms with E-state index in [1.54, 1.807) is 25.0 Å². The maximum atomic E-state index is 9.90. The SMILES string of the molecule is C#C.CC.CC(C)(O)C#CCCC1=CCC2/C(=C/C=C3/CCC[C@H](O)C3)CCC[C@]12C. The summed E-state index contributed by atoms with van der Waals surface area (Å²) in [5.41, 5.74) is 3.98. The van der Waals surface area contributed by atoms with E-state index in [1.807, 2.05) is 13.8 Å². The van der Waals surface area contributed by atoms with E-state index in [0.29, 0.717) is 5.92 Å². The molecule has 1 unspecified atom stereocenters. The molecule has 3 aliphatic carbocycles. The fraction of sp³-hybridized carbons (Fsp3) is 0.655. The van der Waals surface area contributed by atoms with Gasteiger partial charge in [-0.1, -0.05) is 67.6 Å². The van der Waals surface area contributed by atoms with Crippen molar-refractivity contribution in [2.75, 3.05) is 0 Å². The monoisotopic (exact) mass is 424 g/mol. The molecule has 0 aromatic carbocycles. The first kappa shape index (κ1) is 27.3. The number of aliphatic hydroxyl groups is 2. The molecule has 3 rings (SSSR count). The standard InChI is InChI=1S/C25H36O2.C2H6.C2H2/c1-24(2,27)16-5-4-10-21-14-15-23-20(9-7-17-25(21,23)3)13-12-19-8-6-11-22(26)18-19;2*1-2/h12-14,22-23,26-27H,4,6-11,15,17-18H2,1-3H3;1-2H3;1-2H/b19-12-,20-13+;;/t22-,23?,25+;;/m0../s1. The van der Waals surface area contributed by atoms with Crippen LogP contribution in [0.3, 0.4) is 0 Å². The Labute approximate surface area is 191 Å². The summed E-state index contributed by atoms with van der Waals surface area (Å²) in [5, 5.41) is 19.6. The zero-order valence-corrected chi connectivity index (χ0v) is 20.5. The second-order valence-electron chi connectivity index (χ2n) is 9.47. The fourth-order valence-corrected chi connectivity index (χ4v) is 5.22. The molecular weight excluding hydrogens is 380 g/mol. The Hall–Kier alpha value is -1.74. The first-order valence-corrected chi connectivity index (χ1v) is 12.1. The molecule has 0 saturated heterocycles. The minimum Gasteiger partial charge on any atom is -0.393 e. The highest BCUT2D eigenvalue weighted by Gasteiger charge is 2.44. The summed E-state index contributed by atoms with van der Waals surface area (Å²) in [5.74, 6) is 6.73. The van der Waals surface area contributed by atoms with Crippen LogP contribution in [-0.2, 0) is 0 Å². The number of aliphatic hydroxyl groups excluding tert-OH is 1. The Morgan fingerprint density at radius 1 is 1.19 bits per heavy atom. The number of rotatable bonds is 3. The van der Waals surface area contributed by atoms with Crippen LogP contribution in [-0.4, -0.2) is 21.9 Å². The van der Waals surface area contributed by atoms with Crippen LogP contribution in [0.4, 0.5) is 0 Å². The van der Waals surface area contributed by atoms with Gasteiger partial charge in [0.25, 0.3) is 0 Å². The minimum atomic E-state index is -0.891. The summed E-state index contributed by atoms with van der Waals surface area (Å²) in [7, 11) is 0. The number of allylic oxidation sites excluding steroid dienone is 5. The van der Waals surface area contributed by atoms with Gasteiger partial charge >= 0.3 is 0 Å². The molecule has 31 heavy (non-hydrogen) atoms. The number of hydrogen-bond acceptors (Lipinski definition) is 2. The summed E-state index contributed by atoms with van der Waals surface area (Å²) in [4.78, 5) is 0. The molecule has 0 aliphatic heterocycles. The highest BCUT2D eigenvalue weighted by molar-refractivity contribution is 5.34. The lowest BCUT2D eigenvalue weighted by atomic mass is 9.63. The van der Waals surface area contributed by atoms with E-state index in [4.69, 9.17) is 0 Å². The van der Waals surface area contributed by atoms with Crippen LogP contribution in [0.25, 0.3) is 0 Å². The van der Waals surface area contributed by atoms with Crippen molar-refractivity contribution in [2.24, 2.45) is 11.3 Å². The molecule has 0 bridgehead atoms. The lowest BCUT2D eigenvalue weighted by molar-refractivity contribution is 0.143. The zero-order valence-electron chi connectivity index (χ0n) is 20.5. The molecule has 0 spiro atoms. The van der Waals surface area contributed by atoms with Gasteiger partial charge in [-0.3, -0.25) is 0 Å². The number of terminal acetylenes is 1. The first-order chi connectivity index (χ1) is 14.8. The molecule has 2 saturated carbocycles. The molecule has 0 aromatic rings. The van der Waals surface area contributed by atoms with Crippen LogP contribution in [0.5, 0.6) is 0 Å². The number of fused-ring (bicyclic) bond motifs is 1. The fourth-order valence-electron chi connectivity index (χ4n) is 5.22. The predicted octanol–water partition coefficient (Wildman–Crippen LogP) is 6.74. The molecule has 3 aliphatic rings. The van der Waals surface area contributed by atoms with Crippen molar-refractivity contribution >= 4 is 0 Å². The molecule has 2 N–H and O–H groups in total. The van der Waals surface area contributed by atoms with Gasteiger partial charge in [0.15, 0.2) is 0 Å². The molecule has 2 heteroatoms. The maximum Gasteiger partial charge on any atom is 0.119 e. The normalized spacial score (nSPS) is 30.0. The van der Waals surface area contributed by atoms with Crippen LogP contribution in [0.15, 0.2) is 34.9 Å². The van der Waals surface area contributed by atoms with Gasteiger partial charge in [-0.15, -0.1) is 12.8 Å². The topological polar surface area (TPSA) is 40.5 Å². The van der Waals surface area contributed by atoms with Crippen LogP contribution in [0, 0.1) is 36.0 Å². The molecule has 3 atom stereocenters. The third kappa shape index (κ3) is 8.03. The molecule has 0 heterocycles. The predicted molar refractivity (Wildman–Crippen MR) is 133 cm³/mol. The van der Waals surface area contributed by atoms with Crippen molar-refractivity contribution in [2.45, 2.75) is 111 Å². The van der Waals surface area contributed by atoms with E-state index in [1.165, 1.54) is 24.8 Å². The van der Waals surface area contributed by atoms with Crippen LogP contribution >= 0.6 is 0 Å². The quantitative estimate of drug-likeness (QED) is 0.389. The summed E-state index contributed by atoms with van der Waals surface area (Å²) < 4.78 is 0. The van der Waals surface area contributed by atoms with Crippen molar-refractivity contribution < 1.29 is 10.2 Å². The Bertz CT molecular complexity index is 732. The molecule has 2 fully saturated rings.